The van der Waals surface area contributed by atoms with E-state index in [-0.39, 0.29) is 0 Å². The Morgan fingerprint density at radius 1 is 0.605 bits per heavy atom. The van der Waals surface area contributed by atoms with Gasteiger partial charge in [-0.05, 0) is 46.5 Å². The molecule has 2 atom stereocenters. The summed E-state index contributed by atoms with van der Waals surface area (Å²) < 4.78 is 11.1. The third kappa shape index (κ3) is 5.87. The van der Waals surface area contributed by atoms with E-state index >= 15 is 0 Å². The Morgan fingerprint density at radius 2 is 0.974 bits per heavy atom. The number of nitrogens with one attached hydrogen (secondary N) is 2. The van der Waals surface area contributed by atoms with Gasteiger partial charge in [0.25, 0.3) is 0 Å². The molecule has 194 valence electrons. The molecule has 2 unspecified atom stereocenters. The van der Waals surface area contributed by atoms with Crippen molar-refractivity contribution in [3.05, 3.63) is 108 Å². The lowest BCUT2D eigenvalue weighted by Crippen LogP contribution is -2.20. The van der Waals surface area contributed by atoms with Crippen LogP contribution in [-0.2, 0) is 9.59 Å². The van der Waals surface area contributed by atoms with Gasteiger partial charge >= 0.3 is 11.9 Å². The molecule has 0 spiro atoms. The monoisotopic (exact) mass is 512 g/mol. The average Bonchev–Trinajstić information content (AvgIpc) is 2.95. The molecule has 0 aliphatic heterocycles. The molecule has 0 radical (unpaired) electrons. The van der Waals surface area contributed by atoms with E-state index in [1.165, 1.54) is 14.2 Å². The number of hydrogen-bond donors (Lipinski definition) is 4. The summed E-state index contributed by atoms with van der Waals surface area (Å²) in [5, 5.41) is 25.7. The molecule has 4 rings (SSSR count). The fourth-order valence-corrected chi connectivity index (χ4v) is 4.16. The summed E-state index contributed by atoms with van der Waals surface area (Å²) in [6.45, 7) is 0. The first-order chi connectivity index (χ1) is 18.4. The van der Waals surface area contributed by atoms with E-state index in [2.05, 4.69) is 10.6 Å². The molecule has 4 N–H and O–H groups in total. The molecule has 4 aromatic carbocycles. The van der Waals surface area contributed by atoms with E-state index in [0.717, 1.165) is 11.1 Å². The number of carboxylic acids is 2. The summed E-state index contributed by atoms with van der Waals surface area (Å²) in [7, 11) is 3.04. The summed E-state index contributed by atoms with van der Waals surface area (Å²) >= 11 is 0. The minimum Gasteiger partial charge on any atom is -0.495 e. The highest BCUT2D eigenvalue weighted by atomic mass is 16.5. The fraction of sp³-hybridized carbons (Fsp3) is 0.133. The molecule has 8 heteroatoms. The zero-order valence-corrected chi connectivity index (χ0v) is 20.9. The standard InChI is InChI=1S/C30H28N2O6/c1-37-25-17-21(13-15-23(25)31-27(29(33)34)19-9-5-3-6-10-19)22-14-16-24(26(18-22)38-2)32-28(30(35)36)20-11-7-4-8-12-20/h3-18,27-28,31-32H,1-2H3,(H,33,34)(H,35,36). The summed E-state index contributed by atoms with van der Waals surface area (Å²) in [4.78, 5) is 23.9. The number of methoxy groups -OCH3 is 2. The van der Waals surface area contributed by atoms with Gasteiger partial charge in [0.2, 0.25) is 0 Å². The first-order valence-electron chi connectivity index (χ1n) is 11.9. The minimum atomic E-state index is -1.01. The van der Waals surface area contributed by atoms with Crippen molar-refractivity contribution in [1.82, 2.24) is 0 Å². The summed E-state index contributed by atoms with van der Waals surface area (Å²) in [6, 6.07) is 26.8. The van der Waals surface area contributed by atoms with Crippen molar-refractivity contribution in [2.75, 3.05) is 24.9 Å². The summed E-state index contributed by atoms with van der Waals surface area (Å²) in [6.07, 6.45) is 0. The summed E-state index contributed by atoms with van der Waals surface area (Å²) in [5.74, 6) is -1.07. The molecule has 0 aliphatic rings. The molecule has 0 saturated heterocycles. The molecule has 4 aromatic rings. The Hall–Kier alpha value is -4.98. The van der Waals surface area contributed by atoms with Crippen LogP contribution in [0.4, 0.5) is 11.4 Å². The number of carbonyl (C=O) groups is 2. The van der Waals surface area contributed by atoms with E-state index in [1.54, 1.807) is 72.8 Å². The largest absolute Gasteiger partial charge is 0.495 e. The molecule has 0 amide bonds. The normalized spacial score (nSPS) is 12.2. The van der Waals surface area contributed by atoms with Gasteiger partial charge in [0.05, 0.1) is 25.6 Å². The van der Waals surface area contributed by atoms with Gasteiger partial charge in [0.15, 0.2) is 12.1 Å². The van der Waals surface area contributed by atoms with Crippen LogP contribution in [0, 0.1) is 0 Å². The number of benzene rings is 4. The third-order valence-corrected chi connectivity index (χ3v) is 6.10. The predicted octanol–water partition coefficient (Wildman–Crippen LogP) is 5.85. The third-order valence-electron chi connectivity index (χ3n) is 6.10. The van der Waals surface area contributed by atoms with Gasteiger partial charge in [-0.1, -0.05) is 72.8 Å². The average molecular weight is 513 g/mol. The number of anilines is 2. The highest BCUT2D eigenvalue weighted by Crippen LogP contribution is 2.37. The SMILES string of the molecule is COc1cc(-c2ccc(NC(C(=O)O)c3ccccc3)c(OC)c2)ccc1NC(C(=O)O)c1ccccc1. The first-order valence-corrected chi connectivity index (χ1v) is 11.9. The lowest BCUT2D eigenvalue weighted by atomic mass is 10.0. The highest BCUT2D eigenvalue weighted by Gasteiger charge is 2.22. The van der Waals surface area contributed by atoms with E-state index in [1.807, 2.05) is 24.3 Å². The smallest absolute Gasteiger partial charge is 0.330 e. The van der Waals surface area contributed by atoms with Crippen LogP contribution in [-0.4, -0.2) is 36.4 Å². The molecular formula is C30H28N2O6. The maximum absolute atomic E-state index is 11.9. The lowest BCUT2D eigenvalue weighted by Gasteiger charge is -2.20. The Kier molecular flexibility index (Phi) is 8.13. The first kappa shape index (κ1) is 26.1. The van der Waals surface area contributed by atoms with Gasteiger partial charge in [-0.25, -0.2) is 9.59 Å². The molecule has 0 saturated carbocycles. The van der Waals surface area contributed by atoms with Crippen molar-refractivity contribution in [2.45, 2.75) is 12.1 Å². The van der Waals surface area contributed by atoms with Crippen LogP contribution in [0.25, 0.3) is 11.1 Å². The van der Waals surface area contributed by atoms with E-state index < -0.39 is 24.0 Å². The van der Waals surface area contributed by atoms with Crippen LogP contribution in [0.5, 0.6) is 11.5 Å². The van der Waals surface area contributed by atoms with Crippen molar-refractivity contribution in [3.63, 3.8) is 0 Å². The lowest BCUT2D eigenvalue weighted by molar-refractivity contribution is -0.139. The second kappa shape index (κ2) is 11.8. The van der Waals surface area contributed by atoms with Crippen LogP contribution >= 0.6 is 0 Å². The highest BCUT2D eigenvalue weighted by molar-refractivity contribution is 5.83. The molecule has 0 bridgehead atoms. The fourth-order valence-electron chi connectivity index (χ4n) is 4.16. The Balaban J connectivity index is 1.61. The maximum atomic E-state index is 11.9. The van der Waals surface area contributed by atoms with E-state index in [9.17, 15) is 19.8 Å². The Bertz CT molecular complexity index is 1300. The quantitative estimate of drug-likeness (QED) is 0.198. The van der Waals surface area contributed by atoms with Gasteiger partial charge in [-0.2, -0.15) is 0 Å². The van der Waals surface area contributed by atoms with Crippen molar-refractivity contribution < 1.29 is 29.3 Å². The Labute approximate surface area is 220 Å². The van der Waals surface area contributed by atoms with Gasteiger partial charge in [0.1, 0.15) is 11.5 Å². The molecule has 0 aromatic heterocycles. The zero-order valence-electron chi connectivity index (χ0n) is 20.9. The van der Waals surface area contributed by atoms with Crippen LogP contribution in [0.2, 0.25) is 0 Å². The van der Waals surface area contributed by atoms with Crippen molar-refractivity contribution in [3.8, 4) is 22.6 Å². The molecule has 0 heterocycles. The van der Waals surface area contributed by atoms with Crippen LogP contribution in [0.15, 0.2) is 97.1 Å². The molecule has 0 aliphatic carbocycles. The predicted molar refractivity (Wildman–Crippen MR) is 146 cm³/mol. The van der Waals surface area contributed by atoms with Gasteiger partial charge in [-0.3, -0.25) is 0 Å². The van der Waals surface area contributed by atoms with Gasteiger partial charge in [-0.15, -0.1) is 0 Å². The van der Waals surface area contributed by atoms with E-state index in [4.69, 9.17) is 9.47 Å². The van der Waals surface area contributed by atoms with Gasteiger partial charge < -0.3 is 30.3 Å². The second-order valence-corrected chi connectivity index (χ2v) is 8.48. The molecule has 38 heavy (non-hydrogen) atoms. The van der Waals surface area contributed by atoms with Crippen LogP contribution in [0.1, 0.15) is 23.2 Å². The Morgan fingerprint density at radius 3 is 1.29 bits per heavy atom. The number of aliphatic carboxylic acids is 2. The van der Waals surface area contributed by atoms with Crippen LogP contribution in [0.3, 0.4) is 0 Å². The summed E-state index contributed by atoms with van der Waals surface area (Å²) in [5.41, 5.74) is 3.92. The molecular weight excluding hydrogens is 484 g/mol. The number of carboxylic acid groups (broad SMARTS) is 2. The molecule has 8 nitrogen and oxygen atoms in total. The van der Waals surface area contributed by atoms with Crippen molar-refractivity contribution in [1.29, 1.82) is 0 Å². The number of rotatable bonds is 11. The maximum Gasteiger partial charge on any atom is 0.330 e. The molecule has 0 fully saturated rings. The van der Waals surface area contributed by atoms with Crippen molar-refractivity contribution >= 4 is 23.3 Å². The number of hydrogen-bond acceptors (Lipinski definition) is 6. The minimum absolute atomic E-state index is 0.473. The van der Waals surface area contributed by atoms with Gasteiger partial charge in [0, 0.05) is 0 Å². The topological polar surface area (TPSA) is 117 Å². The van der Waals surface area contributed by atoms with E-state index in [0.29, 0.717) is 34.0 Å². The van der Waals surface area contributed by atoms with Crippen LogP contribution < -0.4 is 20.1 Å². The number of ether oxygens (including phenoxy) is 2. The zero-order chi connectivity index (χ0) is 27.1. The van der Waals surface area contributed by atoms with Crippen molar-refractivity contribution in [2.24, 2.45) is 0 Å². The second-order valence-electron chi connectivity index (χ2n) is 8.48.